The van der Waals surface area contributed by atoms with E-state index in [1.165, 1.54) is 12.5 Å². The number of nitrogens with two attached hydrogens (primary N) is 2. The molecule has 1 aliphatic rings. The summed E-state index contributed by atoms with van der Waals surface area (Å²) in [5.41, 5.74) is 14.7. The molecule has 1 aliphatic heterocycles. The lowest BCUT2D eigenvalue weighted by Gasteiger charge is -2.28. The van der Waals surface area contributed by atoms with Gasteiger partial charge in [-0.2, -0.15) is 0 Å². The molecule has 4 N–H and O–H groups in total. The molecule has 1 fully saturated rings. The number of aromatic nitrogens is 2. The summed E-state index contributed by atoms with van der Waals surface area (Å²) in [6.07, 6.45) is 5.92. The quantitative estimate of drug-likeness (QED) is 0.544. The molecule has 0 spiro atoms. The number of hydrogen-bond donors (Lipinski definition) is 2. The van der Waals surface area contributed by atoms with E-state index in [-0.39, 0.29) is 4.90 Å². The van der Waals surface area contributed by atoms with Crippen molar-refractivity contribution in [2.75, 3.05) is 37.5 Å². The van der Waals surface area contributed by atoms with Crippen LogP contribution in [0.3, 0.4) is 0 Å². The molecule has 4 rings (SSSR count). The first-order valence-corrected chi connectivity index (χ1v) is 12.8. The summed E-state index contributed by atoms with van der Waals surface area (Å²) < 4.78 is 30.6. The molecule has 3 aromatic rings. The van der Waals surface area contributed by atoms with Crippen LogP contribution in [-0.4, -0.2) is 50.9 Å². The lowest BCUT2D eigenvalue weighted by Crippen LogP contribution is -2.37. The number of sulfone groups is 1. The number of ether oxygens (including phenoxy) is 1. The summed E-state index contributed by atoms with van der Waals surface area (Å²) in [7, 11) is -3.31. The van der Waals surface area contributed by atoms with Crippen LogP contribution in [0.2, 0.25) is 0 Å². The predicted octanol–water partition coefficient (Wildman–Crippen LogP) is 2.68. The topological polar surface area (TPSA) is 124 Å². The second kappa shape index (κ2) is 8.89. The third-order valence-corrected chi connectivity index (χ3v) is 7.66. The van der Waals surface area contributed by atoms with E-state index in [0.29, 0.717) is 37.8 Å². The van der Waals surface area contributed by atoms with Crippen molar-refractivity contribution in [3.05, 3.63) is 54.0 Å². The number of benzene rings is 1. The third kappa shape index (κ3) is 4.34. The first kappa shape index (κ1) is 22.3. The highest BCUT2D eigenvalue weighted by Crippen LogP contribution is 2.42. The van der Waals surface area contributed by atoms with Gasteiger partial charge < -0.3 is 21.1 Å². The molecular weight excluding hydrogens is 446 g/mol. The number of thiophene rings is 1. The van der Waals surface area contributed by atoms with Crippen LogP contribution in [0.4, 0.5) is 5.82 Å². The number of morpholine rings is 1. The molecule has 0 atom stereocenters. The van der Waals surface area contributed by atoms with Crippen molar-refractivity contribution >= 4 is 42.9 Å². The monoisotopic (exact) mass is 471 g/mol. The maximum absolute atomic E-state index is 12.1. The van der Waals surface area contributed by atoms with Gasteiger partial charge in [-0.3, -0.25) is 0 Å². The number of aryl methyl sites for hydroxylation is 1. The highest BCUT2D eigenvalue weighted by Gasteiger charge is 2.23. The maximum atomic E-state index is 12.1. The molecule has 0 saturated carbocycles. The van der Waals surface area contributed by atoms with Crippen molar-refractivity contribution < 1.29 is 13.2 Å². The van der Waals surface area contributed by atoms with Crippen molar-refractivity contribution in [2.45, 2.75) is 11.8 Å². The lowest BCUT2D eigenvalue weighted by atomic mass is 10.1. The van der Waals surface area contributed by atoms with Crippen molar-refractivity contribution in [3.63, 3.8) is 0 Å². The van der Waals surface area contributed by atoms with Crippen molar-refractivity contribution in [3.8, 4) is 10.4 Å². The summed E-state index contributed by atoms with van der Waals surface area (Å²) in [6, 6.07) is 6.98. The van der Waals surface area contributed by atoms with Crippen LogP contribution in [0.1, 0.15) is 11.4 Å². The Morgan fingerprint density at radius 1 is 1.25 bits per heavy atom. The Kier molecular flexibility index (Phi) is 6.18. The van der Waals surface area contributed by atoms with E-state index >= 15 is 0 Å². The molecule has 32 heavy (non-hydrogen) atoms. The Morgan fingerprint density at radius 2 is 2.00 bits per heavy atom. The van der Waals surface area contributed by atoms with Gasteiger partial charge in [-0.15, -0.1) is 11.3 Å². The number of hydrogen-bond acceptors (Lipinski definition) is 9. The molecule has 1 saturated heterocycles. The van der Waals surface area contributed by atoms with Crippen LogP contribution >= 0.6 is 11.3 Å². The van der Waals surface area contributed by atoms with Gasteiger partial charge in [-0.25, -0.2) is 18.4 Å². The highest BCUT2D eigenvalue weighted by molar-refractivity contribution is 7.90. The summed E-state index contributed by atoms with van der Waals surface area (Å²) in [6.45, 7) is 4.66. The smallest absolute Gasteiger partial charge is 0.178 e. The zero-order chi connectivity index (χ0) is 22.9. The average Bonchev–Trinajstić information content (AvgIpc) is 3.13. The molecule has 0 aliphatic carbocycles. The fourth-order valence-corrected chi connectivity index (χ4v) is 5.50. The molecule has 168 valence electrons. The Balaban J connectivity index is 1.94. The van der Waals surface area contributed by atoms with Gasteiger partial charge in [0.15, 0.2) is 21.5 Å². The van der Waals surface area contributed by atoms with E-state index in [4.69, 9.17) is 26.2 Å². The Labute approximate surface area is 191 Å². The molecule has 10 heteroatoms. The van der Waals surface area contributed by atoms with E-state index < -0.39 is 9.84 Å². The van der Waals surface area contributed by atoms with Crippen LogP contribution < -0.4 is 16.4 Å². The van der Waals surface area contributed by atoms with Crippen LogP contribution in [0.5, 0.6) is 0 Å². The summed E-state index contributed by atoms with van der Waals surface area (Å²) >= 11 is 1.56. The van der Waals surface area contributed by atoms with Crippen LogP contribution in [0.15, 0.2) is 47.5 Å². The number of fused-ring (bicyclic) bond motifs is 1. The Bertz CT molecular complexity index is 1320. The number of rotatable bonds is 5. The maximum Gasteiger partial charge on any atom is 0.178 e. The van der Waals surface area contributed by atoms with Gasteiger partial charge >= 0.3 is 0 Å². The fraction of sp³-hybridized carbons (Fsp3) is 0.273. The molecule has 8 nitrogen and oxygen atoms in total. The summed E-state index contributed by atoms with van der Waals surface area (Å²) in [5.74, 6) is 1.23. The molecule has 1 aromatic carbocycles. The summed E-state index contributed by atoms with van der Waals surface area (Å²) in [4.78, 5) is 13.0. The van der Waals surface area contributed by atoms with E-state index in [9.17, 15) is 8.42 Å². The first-order chi connectivity index (χ1) is 15.3. The van der Waals surface area contributed by atoms with Gasteiger partial charge in [-0.1, -0.05) is 12.1 Å². The zero-order valence-corrected chi connectivity index (χ0v) is 19.5. The highest BCUT2D eigenvalue weighted by atomic mass is 32.2. The molecule has 0 bridgehead atoms. The van der Waals surface area contributed by atoms with E-state index in [1.54, 1.807) is 41.7 Å². The Hall–Kier alpha value is -2.95. The minimum absolute atomic E-state index is 0.285. The van der Waals surface area contributed by atoms with Gasteiger partial charge in [0.2, 0.25) is 0 Å². The third-order valence-electron chi connectivity index (χ3n) is 5.23. The van der Waals surface area contributed by atoms with Gasteiger partial charge in [-0.05, 0) is 48.5 Å². The van der Waals surface area contributed by atoms with Gasteiger partial charge in [0, 0.05) is 24.2 Å². The van der Waals surface area contributed by atoms with Gasteiger partial charge in [0.25, 0.3) is 0 Å². The van der Waals surface area contributed by atoms with Crippen molar-refractivity contribution in [1.82, 2.24) is 9.97 Å². The number of anilines is 1. The first-order valence-electron chi connectivity index (χ1n) is 10.1. The largest absolute Gasteiger partial charge is 0.405 e. The van der Waals surface area contributed by atoms with E-state index in [1.807, 2.05) is 13.0 Å². The Morgan fingerprint density at radius 3 is 2.69 bits per heavy atom. The molecule has 0 unspecified atom stereocenters. The van der Waals surface area contributed by atoms with Gasteiger partial charge in [0.1, 0.15) is 0 Å². The van der Waals surface area contributed by atoms with Crippen LogP contribution in [0, 0.1) is 6.92 Å². The summed E-state index contributed by atoms with van der Waals surface area (Å²) in [5, 5.41) is 0. The SMILES string of the molecule is Cc1c(-c2cccc(S(C)(=O)=O)c2)sc2c(N3CCOCC3)nc(/C(N)=C/C=C\N)nc12. The fourth-order valence-electron chi connectivity index (χ4n) is 3.57. The predicted molar refractivity (Wildman–Crippen MR) is 129 cm³/mol. The minimum atomic E-state index is -3.31. The second-order valence-electron chi connectivity index (χ2n) is 7.51. The molecule has 3 heterocycles. The molecular formula is C22H25N5O3S2. The standard InChI is InChI=1S/C22H25N5O3S2/c1-14-18-20(31-19(14)15-5-3-6-16(13-15)32(2,28)29)22(27-9-11-30-12-10-27)26-21(25-18)17(24)7-4-8-23/h3-8,13H,9-12,23-24H2,1-2H3/b8-4-,17-7-. The van der Waals surface area contributed by atoms with E-state index in [2.05, 4.69) is 4.90 Å². The number of allylic oxidation sites excluding steroid dienone is 2. The van der Waals surface area contributed by atoms with E-state index in [0.717, 1.165) is 32.0 Å². The minimum Gasteiger partial charge on any atom is -0.405 e. The van der Waals surface area contributed by atoms with Crippen LogP contribution in [-0.2, 0) is 14.6 Å². The average molecular weight is 472 g/mol. The lowest BCUT2D eigenvalue weighted by molar-refractivity contribution is 0.122. The van der Waals surface area contributed by atoms with Crippen molar-refractivity contribution in [2.24, 2.45) is 11.5 Å². The molecule has 0 radical (unpaired) electrons. The molecule has 0 amide bonds. The normalized spacial score (nSPS) is 15.7. The molecule has 2 aromatic heterocycles. The zero-order valence-electron chi connectivity index (χ0n) is 17.9. The van der Waals surface area contributed by atoms with Crippen molar-refractivity contribution in [1.29, 1.82) is 0 Å². The van der Waals surface area contributed by atoms with Crippen LogP contribution in [0.25, 0.3) is 26.4 Å². The number of nitrogens with zero attached hydrogens (tertiary/aromatic N) is 3. The second-order valence-corrected chi connectivity index (χ2v) is 10.5. The van der Waals surface area contributed by atoms with Gasteiger partial charge in [0.05, 0.1) is 34.0 Å².